The van der Waals surface area contributed by atoms with E-state index < -0.39 is 5.97 Å². The highest BCUT2D eigenvalue weighted by molar-refractivity contribution is 7.15. The van der Waals surface area contributed by atoms with Crippen LogP contribution in [0.2, 0.25) is 0 Å². The Morgan fingerprint density at radius 3 is 3.00 bits per heavy atom. The molecule has 3 heterocycles. The first-order chi connectivity index (χ1) is 10.1. The van der Waals surface area contributed by atoms with Crippen molar-refractivity contribution in [2.24, 2.45) is 0 Å². The van der Waals surface area contributed by atoms with Crippen molar-refractivity contribution in [3.8, 4) is 0 Å². The molecule has 0 saturated carbocycles. The molecule has 0 radical (unpaired) electrons. The van der Waals surface area contributed by atoms with Gasteiger partial charge in [0.2, 0.25) is 0 Å². The summed E-state index contributed by atoms with van der Waals surface area (Å²) in [6.45, 7) is 3.47. The van der Waals surface area contributed by atoms with Gasteiger partial charge in [0, 0.05) is 17.1 Å². The molecule has 0 aliphatic heterocycles. The Morgan fingerprint density at radius 1 is 1.48 bits per heavy atom. The van der Waals surface area contributed by atoms with Crippen LogP contribution in [0.4, 0.5) is 0 Å². The fourth-order valence-electron chi connectivity index (χ4n) is 1.99. The molecule has 6 nitrogen and oxygen atoms in total. The number of carbonyl (C=O) groups excluding carboxylic acids is 1. The minimum atomic E-state index is -0.495. The van der Waals surface area contributed by atoms with Gasteiger partial charge in [0.15, 0.2) is 4.96 Å². The lowest BCUT2D eigenvalue weighted by Crippen LogP contribution is -2.16. The van der Waals surface area contributed by atoms with Gasteiger partial charge in [0.1, 0.15) is 17.9 Å². The maximum absolute atomic E-state index is 12.0. The Hall–Kier alpha value is -2.41. The Morgan fingerprint density at radius 2 is 2.29 bits per heavy atom. The van der Waals surface area contributed by atoms with Gasteiger partial charge in [-0.3, -0.25) is 9.20 Å². The lowest BCUT2D eigenvalue weighted by molar-refractivity contribution is 0.0466. The maximum Gasteiger partial charge on any atom is 0.342 e. The summed E-state index contributed by atoms with van der Waals surface area (Å²) in [6, 6.07) is 2.92. The van der Waals surface area contributed by atoms with Crippen LogP contribution in [0.5, 0.6) is 0 Å². The van der Waals surface area contributed by atoms with E-state index in [1.165, 1.54) is 28.1 Å². The van der Waals surface area contributed by atoms with Crippen molar-refractivity contribution in [2.45, 2.75) is 20.5 Å². The van der Waals surface area contributed by atoms with Crippen LogP contribution in [0, 0.1) is 13.8 Å². The molecule has 0 aliphatic carbocycles. The predicted molar refractivity (Wildman–Crippen MR) is 76.6 cm³/mol. The molecule has 0 amide bonds. The zero-order valence-electron chi connectivity index (χ0n) is 11.5. The van der Waals surface area contributed by atoms with Crippen molar-refractivity contribution in [3.05, 3.63) is 56.8 Å². The largest absolute Gasteiger partial charge is 0.469 e. The fraction of sp³-hybridized carbons (Fsp3) is 0.214. The number of rotatable bonds is 3. The molecule has 21 heavy (non-hydrogen) atoms. The maximum atomic E-state index is 12.0. The van der Waals surface area contributed by atoms with Crippen LogP contribution in [0.25, 0.3) is 4.96 Å². The highest BCUT2D eigenvalue weighted by atomic mass is 32.1. The minimum absolute atomic E-state index is 0.0495. The topological polar surface area (TPSA) is 73.8 Å². The molecule has 7 heteroatoms. The monoisotopic (exact) mass is 304 g/mol. The molecule has 0 aliphatic rings. The molecule has 0 unspecified atom stereocenters. The first kappa shape index (κ1) is 13.6. The van der Waals surface area contributed by atoms with Crippen LogP contribution in [-0.2, 0) is 11.3 Å². The van der Waals surface area contributed by atoms with Gasteiger partial charge in [-0.05, 0) is 19.9 Å². The quantitative estimate of drug-likeness (QED) is 0.694. The Balaban J connectivity index is 1.81. The highest BCUT2D eigenvalue weighted by Crippen LogP contribution is 2.13. The second-order valence-corrected chi connectivity index (χ2v) is 5.38. The molecule has 0 atom stereocenters. The van der Waals surface area contributed by atoms with Crippen molar-refractivity contribution >= 4 is 22.3 Å². The number of aryl methyl sites for hydroxylation is 2. The summed E-state index contributed by atoms with van der Waals surface area (Å²) in [5, 5.41) is 1.86. The Bertz CT molecular complexity index is 875. The molecule has 3 rings (SSSR count). The number of furan rings is 1. The lowest BCUT2D eigenvalue weighted by Gasteiger charge is -2.04. The van der Waals surface area contributed by atoms with E-state index in [2.05, 4.69) is 4.98 Å². The van der Waals surface area contributed by atoms with Crippen LogP contribution < -0.4 is 5.56 Å². The fourth-order valence-corrected chi connectivity index (χ4v) is 2.88. The first-order valence-corrected chi connectivity index (χ1v) is 7.12. The molecule has 0 saturated heterocycles. The van der Waals surface area contributed by atoms with Crippen LogP contribution in [0.15, 0.2) is 33.0 Å². The van der Waals surface area contributed by atoms with Crippen molar-refractivity contribution in [3.63, 3.8) is 0 Å². The predicted octanol–water partition coefficient (Wildman–Crippen LogP) is 2.32. The number of thiazole rings is 1. The van der Waals surface area contributed by atoms with Gasteiger partial charge < -0.3 is 9.15 Å². The van der Waals surface area contributed by atoms with Crippen LogP contribution in [-0.4, -0.2) is 15.4 Å². The summed E-state index contributed by atoms with van der Waals surface area (Å²) in [5.74, 6) is 0.00275. The first-order valence-electron chi connectivity index (χ1n) is 6.24. The van der Waals surface area contributed by atoms with Gasteiger partial charge in [-0.25, -0.2) is 9.78 Å². The van der Waals surface area contributed by atoms with E-state index in [0.29, 0.717) is 22.0 Å². The van der Waals surface area contributed by atoms with E-state index in [1.54, 1.807) is 13.0 Å². The average molecular weight is 304 g/mol. The van der Waals surface area contributed by atoms with Gasteiger partial charge in [-0.1, -0.05) is 0 Å². The molecular weight excluding hydrogens is 292 g/mol. The molecule has 0 bridgehead atoms. The van der Waals surface area contributed by atoms with E-state index in [1.807, 2.05) is 12.3 Å². The van der Waals surface area contributed by atoms with E-state index in [0.717, 1.165) is 5.69 Å². The van der Waals surface area contributed by atoms with Crippen molar-refractivity contribution < 1.29 is 13.9 Å². The summed E-state index contributed by atoms with van der Waals surface area (Å²) in [4.78, 5) is 28.7. The SMILES string of the molecule is Cc1occc1C(=O)OCc1cc(=O)n2c(C)csc2n1. The van der Waals surface area contributed by atoms with Gasteiger partial charge in [-0.15, -0.1) is 11.3 Å². The molecule has 3 aromatic heterocycles. The van der Waals surface area contributed by atoms with E-state index in [9.17, 15) is 9.59 Å². The third-order valence-electron chi connectivity index (χ3n) is 3.06. The van der Waals surface area contributed by atoms with Crippen LogP contribution in [0.3, 0.4) is 0 Å². The number of esters is 1. The Kier molecular flexibility index (Phi) is 3.34. The summed E-state index contributed by atoms with van der Waals surface area (Å²) >= 11 is 1.37. The molecule has 3 aromatic rings. The molecule has 0 spiro atoms. The lowest BCUT2D eigenvalue weighted by atomic mass is 10.3. The molecule has 108 valence electrons. The number of carbonyl (C=O) groups is 1. The minimum Gasteiger partial charge on any atom is -0.469 e. The number of nitrogens with zero attached hydrogens (tertiary/aromatic N) is 2. The van der Waals surface area contributed by atoms with E-state index in [4.69, 9.17) is 9.15 Å². The Labute approximate surface area is 123 Å². The van der Waals surface area contributed by atoms with Gasteiger partial charge in [0.05, 0.1) is 12.0 Å². The normalized spacial score (nSPS) is 11.0. The van der Waals surface area contributed by atoms with Gasteiger partial charge in [-0.2, -0.15) is 0 Å². The standard InChI is InChI=1S/C14H12N2O4S/c1-8-7-21-14-15-10(5-12(17)16(8)14)6-20-13(18)11-3-4-19-9(11)2/h3-5,7H,6H2,1-2H3. The number of hydrogen-bond acceptors (Lipinski definition) is 6. The molecule has 0 fully saturated rings. The number of fused-ring (bicyclic) bond motifs is 1. The number of aromatic nitrogens is 2. The van der Waals surface area contributed by atoms with Crippen molar-refractivity contribution in [1.29, 1.82) is 0 Å². The molecule has 0 N–H and O–H groups in total. The molecular formula is C14H12N2O4S. The second kappa shape index (κ2) is 5.17. The zero-order chi connectivity index (χ0) is 15.0. The van der Waals surface area contributed by atoms with E-state index in [-0.39, 0.29) is 12.2 Å². The van der Waals surface area contributed by atoms with Gasteiger partial charge in [0.25, 0.3) is 5.56 Å². The summed E-state index contributed by atoms with van der Waals surface area (Å²) in [6.07, 6.45) is 1.43. The summed E-state index contributed by atoms with van der Waals surface area (Å²) in [5.41, 5.74) is 1.46. The third kappa shape index (κ3) is 2.47. The van der Waals surface area contributed by atoms with Crippen molar-refractivity contribution in [1.82, 2.24) is 9.38 Å². The molecule has 0 aromatic carbocycles. The van der Waals surface area contributed by atoms with Crippen LogP contribution >= 0.6 is 11.3 Å². The zero-order valence-corrected chi connectivity index (χ0v) is 12.3. The highest BCUT2D eigenvalue weighted by Gasteiger charge is 2.14. The summed E-state index contributed by atoms with van der Waals surface area (Å²) < 4.78 is 11.7. The number of ether oxygens (including phenoxy) is 1. The van der Waals surface area contributed by atoms with Crippen molar-refractivity contribution in [2.75, 3.05) is 0 Å². The van der Waals surface area contributed by atoms with Gasteiger partial charge >= 0.3 is 5.97 Å². The van der Waals surface area contributed by atoms with Crippen LogP contribution in [0.1, 0.15) is 27.5 Å². The average Bonchev–Trinajstić information content (AvgIpc) is 3.03. The smallest absolute Gasteiger partial charge is 0.342 e. The second-order valence-electron chi connectivity index (χ2n) is 4.55. The van der Waals surface area contributed by atoms with E-state index >= 15 is 0 Å². The summed E-state index contributed by atoms with van der Waals surface area (Å²) in [7, 11) is 0. The third-order valence-corrected chi connectivity index (χ3v) is 4.00. The number of hydrogen-bond donors (Lipinski definition) is 0.